The first kappa shape index (κ1) is 18.4. The summed E-state index contributed by atoms with van der Waals surface area (Å²) < 4.78 is 5.86. The fourth-order valence-electron chi connectivity index (χ4n) is 1.89. The van der Waals surface area contributed by atoms with Crippen molar-refractivity contribution < 1.29 is 14.3 Å². The quantitative estimate of drug-likeness (QED) is 0.474. The van der Waals surface area contributed by atoms with Gasteiger partial charge in [0.15, 0.2) is 0 Å². The number of nitrogens with one attached hydrogen (secondary N) is 1. The lowest BCUT2D eigenvalue weighted by Gasteiger charge is -2.13. The Hall–Kier alpha value is -1.69. The molecule has 1 aromatic carbocycles. The number of aryl methyl sites for hydroxylation is 1. The standard InChI is InChI=1S/C16H21BrN2O3/c1-5-13(16(21)22-6-2)11(4)18-19-15(20)12-8-7-10(3)14(17)9-12/h7-9,13H,5-6H2,1-4H3,(H,19,20)/b18-11+. The van der Waals surface area contributed by atoms with E-state index in [1.165, 1.54) is 0 Å². The normalized spacial score (nSPS) is 12.7. The van der Waals surface area contributed by atoms with E-state index in [-0.39, 0.29) is 11.9 Å². The van der Waals surface area contributed by atoms with Gasteiger partial charge in [0.1, 0.15) is 0 Å². The Kier molecular flexibility index (Phi) is 7.24. The highest BCUT2D eigenvalue weighted by Gasteiger charge is 2.21. The Morgan fingerprint density at radius 3 is 2.59 bits per heavy atom. The number of carbonyl (C=O) groups excluding carboxylic acids is 2. The van der Waals surface area contributed by atoms with Gasteiger partial charge < -0.3 is 4.74 Å². The topological polar surface area (TPSA) is 67.8 Å². The van der Waals surface area contributed by atoms with E-state index in [1.54, 1.807) is 26.0 Å². The smallest absolute Gasteiger partial charge is 0.314 e. The summed E-state index contributed by atoms with van der Waals surface area (Å²) in [6, 6.07) is 5.31. The Balaban J connectivity index is 2.78. The van der Waals surface area contributed by atoms with Crippen LogP contribution in [0, 0.1) is 12.8 Å². The highest BCUT2D eigenvalue weighted by molar-refractivity contribution is 9.10. The van der Waals surface area contributed by atoms with E-state index in [0.29, 0.717) is 24.3 Å². The van der Waals surface area contributed by atoms with E-state index >= 15 is 0 Å². The van der Waals surface area contributed by atoms with E-state index < -0.39 is 5.92 Å². The summed E-state index contributed by atoms with van der Waals surface area (Å²) in [4.78, 5) is 23.9. The Labute approximate surface area is 139 Å². The Bertz CT molecular complexity index is 585. The molecule has 0 aliphatic carbocycles. The van der Waals surface area contributed by atoms with Crippen molar-refractivity contribution >= 4 is 33.5 Å². The van der Waals surface area contributed by atoms with E-state index in [1.807, 2.05) is 19.9 Å². The maximum Gasteiger partial charge on any atom is 0.314 e. The third kappa shape index (κ3) is 4.94. The Morgan fingerprint density at radius 1 is 1.36 bits per heavy atom. The highest BCUT2D eigenvalue weighted by atomic mass is 79.9. The van der Waals surface area contributed by atoms with Crippen LogP contribution >= 0.6 is 15.9 Å². The van der Waals surface area contributed by atoms with Crippen molar-refractivity contribution in [2.24, 2.45) is 11.0 Å². The number of amides is 1. The summed E-state index contributed by atoms with van der Waals surface area (Å²) in [6.45, 7) is 7.61. The second-order valence-electron chi connectivity index (χ2n) is 4.87. The summed E-state index contributed by atoms with van der Waals surface area (Å²) in [5.74, 6) is -1.08. The number of rotatable bonds is 6. The van der Waals surface area contributed by atoms with E-state index in [2.05, 4.69) is 26.5 Å². The number of ether oxygens (including phenoxy) is 1. The highest BCUT2D eigenvalue weighted by Crippen LogP contribution is 2.17. The molecule has 0 radical (unpaired) electrons. The molecule has 0 aromatic heterocycles. The molecule has 0 bridgehead atoms. The number of halogens is 1. The van der Waals surface area contributed by atoms with Crippen molar-refractivity contribution in [2.75, 3.05) is 6.61 Å². The lowest BCUT2D eigenvalue weighted by atomic mass is 10.0. The monoisotopic (exact) mass is 368 g/mol. The molecule has 1 aromatic rings. The van der Waals surface area contributed by atoms with Crippen molar-refractivity contribution in [1.82, 2.24) is 5.43 Å². The predicted octanol–water partition coefficient (Wildman–Crippen LogP) is 3.45. The molecule has 1 atom stereocenters. The van der Waals surface area contributed by atoms with Crippen molar-refractivity contribution in [2.45, 2.75) is 34.1 Å². The number of benzene rings is 1. The Morgan fingerprint density at radius 2 is 2.05 bits per heavy atom. The van der Waals surface area contributed by atoms with Crippen LogP contribution in [0.15, 0.2) is 27.8 Å². The van der Waals surface area contributed by atoms with E-state index in [0.717, 1.165) is 10.0 Å². The van der Waals surface area contributed by atoms with Crippen molar-refractivity contribution in [3.8, 4) is 0 Å². The van der Waals surface area contributed by atoms with Gasteiger partial charge in [0.05, 0.1) is 12.5 Å². The molecule has 6 heteroatoms. The first-order valence-corrected chi connectivity index (χ1v) is 7.97. The lowest BCUT2D eigenvalue weighted by molar-refractivity contribution is -0.145. The van der Waals surface area contributed by atoms with Gasteiger partial charge >= 0.3 is 5.97 Å². The summed E-state index contributed by atoms with van der Waals surface area (Å²) in [7, 11) is 0. The van der Waals surface area contributed by atoms with Crippen LogP contribution in [0.4, 0.5) is 0 Å². The van der Waals surface area contributed by atoms with Crippen LogP contribution < -0.4 is 5.43 Å². The minimum Gasteiger partial charge on any atom is -0.465 e. The molecule has 1 rings (SSSR count). The molecular formula is C16H21BrN2O3. The van der Waals surface area contributed by atoms with E-state index in [4.69, 9.17) is 4.74 Å². The van der Waals surface area contributed by atoms with Gasteiger partial charge in [0, 0.05) is 15.7 Å². The fourth-order valence-corrected chi connectivity index (χ4v) is 2.27. The molecule has 0 spiro atoms. The molecule has 0 saturated carbocycles. The maximum absolute atomic E-state index is 12.1. The van der Waals surface area contributed by atoms with Crippen LogP contribution in [-0.4, -0.2) is 24.2 Å². The summed E-state index contributed by atoms with van der Waals surface area (Å²) in [6.07, 6.45) is 0.570. The SMILES string of the molecule is CCOC(=O)C(CC)/C(C)=N/NC(=O)c1ccc(C)c(Br)c1. The summed E-state index contributed by atoms with van der Waals surface area (Å²) >= 11 is 3.39. The zero-order valence-electron chi connectivity index (χ0n) is 13.3. The zero-order valence-corrected chi connectivity index (χ0v) is 14.9. The summed E-state index contributed by atoms with van der Waals surface area (Å²) in [5, 5.41) is 4.03. The first-order valence-electron chi connectivity index (χ1n) is 7.18. The molecule has 0 heterocycles. The summed E-state index contributed by atoms with van der Waals surface area (Å²) in [5.41, 5.74) is 4.55. The molecular weight excluding hydrogens is 348 g/mol. The average molecular weight is 369 g/mol. The molecule has 0 aliphatic heterocycles. The van der Waals surface area contributed by atoms with Gasteiger partial charge in [-0.1, -0.05) is 28.9 Å². The van der Waals surface area contributed by atoms with Crippen LogP contribution in [0.5, 0.6) is 0 Å². The predicted molar refractivity (Wildman–Crippen MR) is 89.9 cm³/mol. The van der Waals surface area contributed by atoms with Gasteiger partial charge in [0.25, 0.3) is 5.91 Å². The first-order chi connectivity index (χ1) is 10.4. The number of esters is 1. The van der Waals surface area contributed by atoms with Crippen LogP contribution in [0.3, 0.4) is 0 Å². The molecule has 120 valence electrons. The zero-order chi connectivity index (χ0) is 16.7. The maximum atomic E-state index is 12.1. The molecule has 22 heavy (non-hydrogen) atoms. The molecule has 1 unspecified atom stereocenters. The molecule has 0 saturated heterocycles. The van der Waals surface area contributed by atoms with Crippen LogP contribution in [-0.2, 0) is 9.53 Å². The molecule has 5 nitrogen and oxygen atoms in total. The van der Waals surface area contributed by atoms with Crippen LogP contribution in [0.1, 0.15) is 43.1 Å². The number of hydrogen-bond donors (Lipinski definition) is 1. The van der Waals surface area contributed by atoms with Gasteiger partial charge in [0.2, 0.25) is 0 Å². The van der Waals surface area contributed by atoms with Gasteiger partial charge in [-0.3, -0.25) is 9.59 Å². The van der Waals surface area contributed by atoms with Crippen LogP contribution in [0.25, 0.3) is 0 Å². The number of hydrogen-bond acceptors (Lipinski definition) is 4. The third-order valence-corrected chi connectivity index (χ3v) is 4.11. The number of nitrogens with zero attached hydrogens (tertiary/aromatic N) is 1. The second kappa shape index (κ2) is 8.68. The largest absolute Gasteiger partial charge is 0.465 e. The van der Waals surface area contributed by atoms with Crippen molar-refractivity contribution in [1.29, 1.82) is 0 Å². The minimum absolute atomic E-state index is 0.321. The van der Waals surface area contributed by atoms with Gasteiger partial charge in [-0.15, -0.1) is 0 Å². The lowest BCUT2D eigenvalue weighted by Crippen LogP contribution is -2.27. The minimum atomic E-state index is -0.440. The fraction of sp³-hybridized carbons (Fsp3) is 0.438. The molecule has 1 amide bonds. The average Bonchev–Trinajstić information content (AvgIpc) is 2.48. The third-order valence-electron chi connectivity index (χ3n) is 3.25. The second-order valence-corrected chi connectivity index (χ2v) is 5.73. The van der Waals surface area contributed by atoms with Crippen molar-refractivity contribution in [3.63, 3.8) is 0 Å². The number of carbonyl (C=O) groups is 2. The van der Waals surface area contributed by atoms with Gasteiger partial charge in [-0.05, 0) is 44.9 Å². The van der Waals surface area contributed by atoms with Gasteiger partial charge in [-0.2, -0.15) is 5.10 Å². The molecule has 0 aliphatic rings. The van der Waals surface area contributed by atoms with Crippen molar-refractivity contribution in [3.05, 3.63) is 33.8 Å². The van der Waals surface area contributed by atoms with Crippen LogP contribution in [0.2, 0.25) is 0 Å². The molecule has 0 fully saturated rings. The number of hydrazone groups is 1. The molecule has 1 N–H and O–H groups in total. The van der Waals surface area contributed by atoms with E-state index in [9.17, 15) is 9.59 Å². The van der Waals surface area contributed by atoms with Gasteiger partial charge in [-0.25, -0.2) is 5.43 Å².